The van der Waals surface area contributed by atoms with Crippen molar-refractivity contribution in [2.75, 3.05) is 53.0 Å². The minimum Gasteiger partial charge on any atom is -0.449 e. The van der Waals surface area contributed by atoms with E-state index in [1.807, 2.05) is 28.9 Å². The summed E-state index contributed by atoms with van der Waals surface area (Å²) in [6, 6.07) is 5.23. The summed E-state index contributed by atoms with van der Waals surface area (Å²) in [7, 11) is 1.74. The number of hydrogen-bond acceptors (Lipinski definition) is 5. The van der Waals surface area contributed by atoms with Crippen LogP contribution < -0.4 is 0 Å². The quantitative estimate of drug-likeness (QED) is 0.509. The molecular weight excluding hydrogens is 529 g/mol. The van der Waals surface area contributed by atoms with Crippen LogP contribution in [-0.4, -0.2) is 91.7 Å². The van der Waals surface area contributed by atoms with Gasteiger partial charge in [-0.25, -0.2) is 4.79 Å². The molecule has 3 heterocycles. The van der Waals surface area contributed by atoms with Crippen LogP contribution in [0.2, 0.25) is 10.0 Å². The van der Waals surface area contributed by atoms with E-state index in [-0.39, 0.29) is 41.0 Å². The lowest BCUT2D eigenvalue weighted by molar-refractivity contribution is -0.142. The van der Waals surface area contributed by atoms with Gasteiger partial charge in [0, 0.05) is 63.0 Å². The molecule has 3 amide bonds. The Morgan fingerprint density at radius 2 is 1.82 bits per heavy atom. The number of hydrogen-bond donors (Lipinski definition) is 0. The molecule has 5 rings (SSSR count). The summed E-state index contributed by atoms with van der Waals surface area (Å²) >= 11 is 12.5. The zero-order valence-electron chi connectivity index (χ0n) is 22.2. The molecule has 3 saturated heterocycles. The van der Waals surface area contributed by atoms with Crippen LogP contribution in [-0.2, 0) is 19.1 Å². The van der Waals surface area contributed by atoms with Gasteiger partial charge < -0.3 is 24.2 Å². The van der Waals surface area contributed by atoms with Gasteiger partial charge in [-0.05, 0) is 49.8 Å². The van der Waals surface area contributed by atoms with Crippen molar-refractivity contribution in [1.29, 1.82) is 0 Å². The minimum atomic E-state index is -0.401. The molecule has 0 spiro atoms. The fraction of sp³-hybridized carbons (Fsp3) is 0.679. The summed E-state index contributed by atoms with van der Waals surface area (Å²) in [5.41, 5.74) is 0.748. The number of halogens is 2. The number of carbonyl (C=O) groups is 3. The molecule has 1 aromatic rings. The van der Waals surface area contributed by atoms with Gasteiger partial charge in [-0.1, -0.05) is 36.2 Å². The third kappa shape index (κ3) is 5.77. The van der Waals surface area contributed by atoms with E-state index in [0.29, 0.717) is 68.9 Å². The fourth-order valence-corrected chi connectivity index (χ4v) is 6.25. The predicted molar refractivity (Wildman–Crippen MR) is 144 cm³/mol. The Kier molecular flexibility index (Phi) is 8.13. The summed E-state index contributed by atoms with van der Waals surface area (Å²) in [5.74, 6) is 0.289. The van der Waals surface area contributed by atoms with Crippen molar-refractivity contribution >= 4 is 41.1 Å². The zero-order valence-corrected chi connectivity index (χ0v) is 23.7. The predicted octanol–water partition coefficient (Wildman–Crippen LogP) is 4.43. The highest BCUT2D eigenvalue weighted by atomic mass is 35.5. The first kappa shape index (κ1) is 27.5. The summed E-state index contributed by atoms with van der Waals surface area (Å²) in [5, 5.41) is 0.909. The van der Waals surface area contributed by atoms with E-state index in [1.54, 1.807) is 18.0 Å². The highest BCUT2D eigenvalue weighted by molar-refractivity contribution is 6.42. The van der Waals surface area contributed by atoms with Gasteiger partial charge in [0.2, 0.25) is 11.8 Å². The van der Waals surface area contributed by atoms with Gasteiger partial charge in [0.15, 0.2) is 0 Å². The number of piperidine rings is 1. The molecule has 4 fully saturated rings. The highest BCUT2D eigenvalue weighted by Gasteiger charge is 2.48. The second-order valence-corrected chi connectivity index (χ2v) is 12.4. The van der Waals surface area contributed by atoms with Gasteiger partial charge in [0.05, 0.1) is 29.3 Å². The number of amides is 3. The number of nitrogens with zero attached hydrogens (tertiary/aromatic N) is 3. The average molecular weight is 567 g/mol. The van der Waals surface area contributed by atoms with Crippen LogP contribution in [0.4, 0.5) is 4.79 Å². The largest absolute Gasteiger partial charge is 0.449 e. The van der Waals surface area contributed by atoms with Crippen LogP contribution in [0.3, 0.4) is 0 Å². The lowest BCUT2D eigenvalue weighted by Gasteiger charge is -2.34. The summed E-state index contributed by atoms with van der Waals surface area (Å²) in [4.78, 5) is 44.8. The van der Waals surface area contributed by atoms with E-state index in [1.165, 1.54) is 0 Å². The summed E-state index contributed by atoms with van der Waals surface area (Å²) < 4.78 is 11.0. The molecule has 0 bridgehead atoms. The van der Waals surface area contributed by atoms with E-state index in [4.69, 9.17) is 32.7 Å². The van der Waals surface area contributed by atoms with Crippen LogP contribution in [0.15, 0.2) is 18.2 Å². The Morgan fingerprint density at radius 3 is 2.45 bits per heavy atom. The van der Waals surface area contributed by atoms with Crippen molar-refractivity contribution in [2.45, 2.75) is 51.0 Å². The SMILES string of the molecule is CN(C(=O)OC[C@H]1CCOC1)[C@H]1CN(C(=O)C2CCN(C(=O)C3(C)CC3)CC2)C[C@@H]1c1ccc(Cl)c(Cl)c1. The van der Waals surface area contributed by atoms with Gasteiger partial charge in [-0.2, -0.15) is 0 Å². The lowest BCUT2D eigenvalue weighted by Crippen LogP contribution is -2.46. The molecule has 208 valence electrons. The topological polar surface area (TPSA) is 79.4 Å². The summed E-state index contributed by atoms with van der Waals surface area (Å²) in [6.07, 6.45) is 3.74. The fourth-order valence-electron chi connectivity index (χ4n) is 5.94. The van der Waals surface area contributed by atoms with Gasteiger partial charge in [0.25, 0.3) is 0 Å². The van der Waals surface area contributed by atoms with Crippen LogP contribution in [0.5, 0.6) is 0 Å². The van der Waals surface area contributed by atoms with E-state index in [9.17, 15) is 14.4 Å². The van der Waals surface area contributed by atoms with Crippen molar-refractivity contribution in [1.82, 2.24) is 14.7 Å². The normalized spacial score (nSPS) is 26.9. The third-order valence-electron chi connectivity index (χ3n) is 8.87. The molecule has 1 saturated carbocycles. The first-order valence-electron chi connectivity index (χ1n) is 13.7. The number of benzene rings is 1. The Hall–Kier alpha value is -2.03. The molecule has 4 aliphatic rings. The van der Waals surface area contributed by atoms with Crippen LogP contribution in [0.1, 0.15) is 50.5 Å². The van der Waals surface area contributed by atoms with Crippen molar-refractivity contribution in [2.24, 2.45) is 17.3 Å². The Balaban J connectivity index is 1.26. The molecule has 0 unspecified atom stereocenters. The van der Waals surface area contributed by atoms with Crippen molar-refractivity contribution in [3.8, 4) is 0 Å². The first-order chi connectivity index (χ1) is 18.2. The second-order valence-electron chi connectivity index (χ2n) is 11.6. The van der Waals surface area contributed by atoms with Crippen molar-refractivity contribution in [3.05, 3.63) is 33.8 Å². The number of carbonyl (C=O) groups excluding carboxylic acids is 3. The maximum absolute atomic E-state index is 13.6. The van der Waals surface area contributed by atoms with Gasteiger partial charge in [-0.15, -0.1) is 0 Å². The van der Waals surface area contributed by atoms with E-state index >= 15 is 0 Å². The monoisotopic (exact) mass is 565 g/mol. The van der Waals surface area contributed by atoms with E-state index < -0.39 is 6.09 Å². The van der Waals surface area contributed by atoms with E-state index in [0.717, 1.165) is 24.8 Å². The number of likely N-dealkylation sites (tertiary alicyclic amines) is 2. The standard InChI is InChI=1S/C28H37Cl2N3O5/c1-28(8-9-28)26(35)32-10-5-19(6-11-32)25(34)33-14-21(20-3-4-22(29)23(30)13-20)24(15-33)31(2)27(36)38-17-18-7-12-37-16-18/h3-4,13,18-19,21,24H,5-12,14-17H2,1-2H3/t18-,21+,24-/m0/s1. The number of ether oxygens (including phenoxy) is 2. The molecule has 0 radical (unpaired) electrons. The van der Waals surface area contributed by atoms with Crippen LogP contribution >= 0.6 is 23.2 Å². The second kappa shape index (κ2) is 11.2. The Morgan fingerprint density at radius 1 is 1.08 bits per heavy atom. The molecule has 8 nitrogen and oxygen atoms in total. The van der Waals surface area contributed by atoms with Gasteiger partial charge in [-0.3, -0.25) is 9.59 Å². The third-order valence-corrected chi connectivity index (χ3v) is 9.61. The Bertz CT molecular complexity index is 1070. The molecule has 10 heteroatoms. The number of likely N-dealkylation sites (N-methyl/N-ethyl adjacent to an activating group) is 1. The molecule has 3 atom stereocenters. The first-order valence-corrected chi connectivity index (χ1v) is 14.4. The lowest BCUT2D eigenvalue weighted by atomic mass is 9.93. The van der Waals surface area contributed by atoms with Gasteiger partial charge in [0.1, 0.15) is 0 Å². The maximum atomic E-state index is 13.6. The van der Waals surface area contributed by atoms with Gasteiger partial charge >= 0.3 is 6.09 Å². The van der Waals surface area contributed by atoms with Crippen molar-refractivity contribution in [3.63, 3.8) is 0 Å². The molecule has 3 aliphatic heterocycles. The Labute approximate surface area is 234 Å². The molecule has 1 aliphatic carbocycles. The maximum Gasteiger partial charge on any atom is 0.409 e. The molecule has 1 aromatic carbocycles. The smallest absolute Gasteiger partial charge is 0.409 e. The van der Waals surface area contributed by atoms with E-state index in [2.05, 4.69) is 0 Å². The summed E-state index contributed by atoms with van der Waals surface area (Å²) in [6.45, 7) is 5.80. The highest BCUT2D eigenvalue weighted by Crippen LogP contribution is 2.47. The molecular formula is C28H37Cl2N3O5. The van der Waals surface area contributed by atoms with Crippen molar-refractivity contribution < 1.29 is 23.9 Å². The van der Waals surface area contributed by atoms with Crippen LogP contribution in [0.25, 0.3) is 0 Å². The number of rotatable bonds is 6. The molecule has 0 N–H and O–H groups in total. The molecule has 38 heavy (non-hydrogen) atoms. The molecule has 0 aromatic heterocycles. The zero-order chi connectivity index (χ0) is 27.0. The minimum absolute atomic E-state index is 0.0900. The van der Waals surface area contributed by atoms with Crippen LogP contribution in [0, 0.1) is 17.3 Å². The average Bonchev–Trinajstić information content (AvgIpc) is 3.30.